The zero-order chi connectivity index (χ0) is 13.7. The zero-order valence-corrected chi connectivity index (χ0v) is 12.2. The van der Waals surface area contributed by atoms with Crippen LogP contribution < -0.4 is 0 Å². The molecule has 18 heavy (non-hydrogen) atoms. The Morgan fingerprint density at radius 2 is 1.61 bits per heavy atom. The molecule has 0 radical (unpaired) electrons. The van der Waals surface area contributed by atoms with Gasteiger partial charge in [0.05, 0.1) is 6.54 Å². The fourth-order valence-electron chi connectivity index (χ4n) is 2.05. The highest BCUT2D eigenvalue weighted by Gasteiger charge is 2.22. The van der Waals surface area contributed by atoms with Gasteiger partial charge in [0.1, 0.15) is 5.78 Å². The number of rotatable bonds is 6. The standard InChI is InChI=1S/C16H25NO/c1-12(2)16(18)11-17(13(3)4)14(5)15-9-7-6-8-10-15/h6-10,12-14H,11H2,1-5H3/t14-/m0/s1. The van der Waals surface area contributed by atoms with Crippen LogP contribution in [0.2, 0.25) is 0 Å². The van der Waals surface area contributed by atoms with Gasteiger partial charge in [-0.1, -0.05) is 44.2 Å². The molecule has 1 aromatic rings. The monoisotopic (exact) mass is 247 g/mol. The van der Waals surface area contributed by atoms with E-state index in [1.807, 2.05) is 19.9 Å². The second kappa shape index (κ2) is 6.69. The van der Waals surface area contributed by atoms with E-state index in [0.717, 1.165) is 0 Å². The summed E-state index contributed by atoms with van der Waals surface area (Å²) in [6.07, 6.45) is 0. The van der Waals surface area contributed by atoms with Gasteiger partial charge in [0.25, 0.3) is 0 Å². The van der Waals surface area contributed by atoms with Crippen molar-refractivity contribution in [3.8, 4) is 0 Å². The summed E-state index contributed by atoms with van der Waals surface area (Å²) < 4.78 is 0. The Morgan fingerprint density at radius 3 is 2.06 bits per heavy atom. The quantitative estimate of drug-likeness (QED) is 0.764. The molecule has 0 aromatic heterocycles. The maximum atomic E-state index is 12.0. The smallest absolute Gasteiger partial charge is 0.149 e. The number of carbonyl (C=O) groups is 1. The summed E-state index contributed by atoms with van der Waals surface area (Å²) in [7, 11) is 0. The third kappa shape index (κ3) is 3.95. The van der Waals surface area contributed by atoms with E-state index in [9.17, 15) is 4.79 Å². The number of hydrogen-bond donors (Lipinski definition) is 0. The van der Waals surface area contributed by atoms with Crippen LogP contribution in [0.1, 0.15) is 46.2 Å². The Kier molecular flexibility index (Phi) is 5.54. The fourth-order valence-corrected chi connectivity index (χ4v) is 2.05. The van der Waals surface area contributed by atoms with Crippen LogP contribution in [0.15, 0.2) is 30.3 Å². The van der Waals surface area contributed by atoms with Crippen molar-refractivity contribution in [3.63, 3.8) is 0 Å². The second-order valence-corrected chi connectivity index (χ2v) is 5.47. The summed E-state index contributed by atoms with van der Waals surface area (Å²) in [6.45, 7) is 10.9. The molecule has 0 spiro atoms. The van der Waals surface area contributed by atoms with Crippen molar-refractivity contribution in [3.05, 3.63) is 35.9 Å². The number of Topliss-reactive ketones (excluding diaryl/α,β-unsaturated/α-hetero) is 1. The summed E-state index contributed by atoms with van der Waals surface area (Å²) in [4.78, 5) is 14.2. The average molecular weight is 247 g/mol. The molecule has 1 atom stereocenters. The normalized spacial score (nSPS) is 13.3. The number of carbonyl (C=O) groups excluding carboxylic acids is 1. The second-order valence-electron chi connectivity index (χ2n) is 5.47. The zero-order valence-electron chi connectivity index (χ0n) is 12.2. The van der Waals surface area contributed by atoms with E-state index in [4.69, 9.17) is 0 Å². The molecule has 1 rings (SSSR count). The van der Waals surface area contributed by atoms with Crippen molar-refractivity contribution in [2.75, 3.05) is 6.54 Å². The molecule has 0 saturated heterocycles. The molecular weight excluding hydrogens is 222 g/mol. The van der Waals surface area contributed by atoms with Gasteiger partial charge in [-0.25, -0.2) is 0 Å². The minimum atomic E-state index is 0.106. The molecule has 0 aliphatic rings. The van der Waals surface area contributed by atoms with E-state index >= 15 is 0 Å². The van der Waals surface area contributed by atoms with E-state index < -0.39 is 0 Å². The Labute approximate surface area is 111 Å². The van der Waals surface area contributed by atoms with Gasteiger partial charge in [0.15, 0.2) is 0 Å². The summed E-state index contributed by atoms with van der Waals surface area (Å²) in [5, 5.41) is 0. The number of benzene rings is 1. The van der Waals surface area contributed by atoms with E-state index in [1.54, 1.807) is 0 Å². The third-order valence-corrected chi connectivity index (χ3v) is 3.43. The van der Waals surface area contributed by atoms with Gasteiger partial charge in [-0.3, -0.25) is 9.69 Å². The van der Waals surface area contributed by atoms with Crippen LogP contribution in [0.5, 0.6) is 0 Å². The highest BCUT2D eigenvalue weighted by Crippen LogP contribution is 2.22. The molecule has 0 amide bonds. The van der Waals surface area contributed by atoms with Gasteiger partial charge >= 0.3 is 0 Å². The minimum absolute atomic E-state index is 0.106. The minimum Gasteiger partial charge on any atom is -0.298 e. The van der Waals surface area contributed by atoms with Crippen molar-refractivity contribution in [2.24, 2.45) is 5.92 Å². The van der Waals surface area contributed by atoms with Gasteiger partial charge in [-0.2, -0.15) is 0 Å². The highest BCUT2D eigenvalue weighted by atomic mass is 16.1. The van der Waals surface area contributed by atoms with Crippen molar-refractivity contribution < 1.29 is 4.79 Å². The predicted octanol–water partition coefficient (Wildman–Crippen LogP) is 3.68. The molecule has 0 N–H and O–H groups in total. The fraction of sp³-hybridized carbons (Fsp3) is 0.562. The Hall–Kier alpha value is -1.15. The lowest BCUT2D eigenvalue weighted by Gasteiger charge is -2.33. The van der Waals surface area contributed by atoms with E-state index in [2.05, 4.69) is 49.9 Å². The molecule has 0 saturated carbocycles. The molecule has 0 fully saturated rings. The third-order valence-electron chi connectivity index (χ3n) is 3.43. The highest BCUT2D eigenvalue weighted by molar-refractivity contribution is 5.82. The summed E-state index contributed by atoms with van der Waals surface area (Å²) in [5.74, 6) is 0.417. The molecule has 0 unspecified atom stereocenters. The lowest BCUT2D eigenvalue weighted by molar-refractivity contribution is -0.124. The Balaban J connectivity index is 2.82. The van der Waals surface area contributed by atoms with Crippen LogP contribution in [0, 0.1) is 5.92 Å². The average Bonchev–Trinajstić information content (AvgIpc) is 2.35. The van der Waals surface area contributed by atoms with Crippen LogP contribution in [0.25, 0.3) is 0 Å². The Bertz CT molecular complexity index is 370. The maximum Gasteiger partial charge on any atom is 0.149 e. The first-order valence-corrected chi connectivity index (χ1v) is 6.77. The summed E-state index contributed by atoms with van der Waals surface area (Å²) in [6, 6.07) is 11.0. The van der Waals surface area contributed by atoms with E-state index in [1.165, 1.54) is 5.56 Å². The first kappa shape index (κ1) is 14.9. The topological polar surface area (TPSA) is 20.3 Å². The van der Waals surface area contributed by atoms with Crippen molar-refractivity contribution in [1.29, 1.82) is 0 Å². The Morgan fingerprint density at radius 1 is 1.06 bits per heavy atom. The van der Waals surface area contributed by atoms with Gasteiger partial charge in [-0.15, -0.1) is 0 Å². The summed E-state index contributed by atoms with van der Waals surface area (Å²) >= 11 is 0. The van der Waals surface area contributed by atoms with Gasteiger partial charge in [0, 0.05) is 18.0 Å². The lowest BCUT2D eigenvalue weighted by Crippen LogP contribution is -2.39. The molecule has 2 heteroatoms. The SMILES string of the molecule is CC(C)C(=O)CN(C(C)C)[C@@H](C)c1ccccc1. The van der Waals surface area contributed by atoms with Crippen molar-refractivity contribution in [2.45, 2.75) is 46.7 Å². The van der Waals surface area contributed by atoms with Crippen molar-refractivity contribution in [1.82, 2.24) is 4.90 Å². The van der Waals surface area contributed by atoms with Crippen LogP contribution in [-0.4, -0.2) is 23.3 Å². The predicted molar refractivity (Wildman–Crippen MR) is 76.5 cm³/mol. The molecule has 0 aliphatic carbocycles. The first-order chi connectivity index (χ1) is 8.43. The van der Waals surface area contributed by atoms with Crippen LogP contribution >= 0.6 is 0 Å². The largest absolute Gasteiger partial charge is 0.298 e. The van der Waals surface area contributed by atoms with Crippen molar-refractivity contribution >= 4 is 5.78 Å². The van der Waals surface area contributed by atoms with Gasteiger partial charge < -0.3 is 0 Å². The first-order valence-electron chi connectivity index (χ1n) is 6.77. The molecular formula is C16H25NO. The van der Waals surface area contributed by atoms with Crippen LogP contribution in [0.3, 0.4) is 0 Å². The number of hydrogen-bond acceptors (Lipinski definition) is 2. The molecule has 100 valence electrons. The van der Waals surface area contributed by atoms with E-state index in [0.29, 0.717) is 18.4 Å². The van der Waals surface area contributed by atoms with Crippen LogP contribution in [-0.2, 0) is 4.79 Å². The molecule has 2 nitrogen and oxygen atoms in total. The van der Waals surface area contributed by atoms with E-state index in [-0.39, 0.29) is 12.0 Å². The maximum absolute atomic E-state index is 12.0. The molecule has 1 aromatic carbocycles. The van der Waals surface area contributed by atoms with Gasteiger partial charge in [0.2, 0.25) is 0 Å². The molecule has 0 heterocycles. The number of nitrogens with zero attached hydrogens (tertiary/aromatic N) is 1. The summed E-state index contributed by atoms with van der Waals surface area (Å²) in [5.41, 5.74) is 1.27. The number of ketones is 1. The van der Waals surface area contributed by atoms with Crippen LogP contribution in [0.4, 0.5) is 0 Å². The lowest BCUT2D eigenvalue weighted by atomic mass is 10.0. The molecule has 0 aliphatic heterocycles. The van der Waals surface area contributed by atoms with Gasteiger partial charge in [-0.05, 0) is 26.3 Å². The molecule has 0 bridgehead atoms.